The summed E-state index contributed by atoms with van der Waals surface area (Å²) in [5.41, 5.74) is 1.40. The van der Waals surface area contributed by atoms with Crippen molar-refractivity contribution in [2.45, 2.75) is 43.6 Å². The first kappa shape index (κ1) is 28.2. The monoisotopic (exact) mass is 619 g/mol. The van der Waals surface area contributed by atoms with E-state index in [0.717, 1.165) is 11.3 Å². The summed E-state index contributed by atoms with van der Waals surface area (Å²) in [5.74, 6) is -1.23. The molecule has 1 spiro atoms. The number of carbonyl (C=O) groups excluding carboxylic acids is 3. The van der Waals surface area contributed by atoms with Crippen LogP contribution in [-0.2, 0) is 24.5 Å². The van der Waals surface area contributed by atoms with Crippen LogP contribution >= 0.6 is 0 Å². The highest BCUT2D eigenvalue weighted by atomic mass is 16.6. The van der Waals surface area contributed by atoms with Gasteiger partial charge in [-0.05, 0) is 68.0 Å². The van der Waals surface area contributed by atoms with Crippen LogP contribution in [0.25, 0.3) is 6.08 Å². The first-order chi connectivity index (χ1) is 22.1. The summed E-state index contributed by atoms with van der Waals surface area (Å²) in [6.45, 7) is 4.41. The Hall–Kier alpha value is -5.29. The first-order valence-corrected chi connectivity index (χ1v) is 15.2. The van der Waals surface area contributed by atoms with Gasteiger partial charge in [-0.25, -0.2) is 4.90 Å². The van der Waals surface area contributed by atoms with Gasteiger partial charge in [-0.3, -0.25) is 24.5 Å². The van der Waals surface area contributed by atoms with Gasteiger partial charge in [0, 0.05) is 29.9 Å². The average molecular weight is 620 g/mol. The Kier molecular flexibility index (Phi) is 6.04. The molecule has 232 valence electrons. The predicted molar refractivity (Wildman–Crippen MR) is 166 cm³/mol. The molecule has 3 aromatic rings. The molecule has 3 aromatic carbocycles. The van der Waals surface area contributed by atoms with Crippen LogP contribution < -0.4 is 19.3 Å². The highest BCUT2D eigenvalue weighted by Gasteiger charge is 2.61. The molecule has 0 saturated carbocycles. The molecule has 8 rings (SSSR count). The van der Waals surface area contributed by atoms with E-state index in [9.17, 15) is 24.5 Å². The largest absolute Gasteiger partial charge is 0.463 e. The van der Waals surface area contributed by atoms with E-state index in [1.54, 1.807) is 30.3 Å². The third kappa shape index (κ3) is 3.91. The molecule has 5 aliphatic heterocycles. The van der Waals surface area contributed by atoms with Crippen molar-refractivity contribution in [3.63, 3.8) is 0 Å². The standard InChI is InChI=1S/C35H29N3O8/c1-34(2)24-5-3-4-6-25(24)36(35(34)17-15-20-19-22(38(42)43)9-12-26(20)46-35)18-16-29(39)44-23-10-7-21(8-11-23)37-32(40)30-27-13-14-28(45-27)31(30)33(37)41/h3-15,17,19,27-28,30-31H,16,18H2,1-2H3/t27-,28+,30-,31+,35?. The number of esters is 1. The molecule has 2 bridgehead atoms. The molecule has 2 saturated heterocycles. The third-order valence-electron chi connectivity index (χ3n) is 9.90. The molecule has 0 aromatic heterocycles. The van der Waals surface area contributed by atoms with Crippen molar-refractivity contribution in [3.8, 4) is 11.5 Å². The highest BCUT2D eigenvalue weighted by molar-refractivity contribution is 6.23. The zero-order valence-electron chi connectivity index (χ0n) is 25.0. The number of nitro benzene ring substituents is 1. The molecule has 5 atom stereocenters. The van der Waals surface area contributed by atoms with Crippen molar-refractivity contribution < 1.29 is 33.5 Å². The lowest BCUT2D eigenvalue weighted by molar-refractivity contribution is -0.384. The van der Waals surface area contributed by atoms with Crippen LogP contribution in [0.1, 0.15) is 31.4 Å². The van der Waals surface area contributed by atoms with Crippen LogP contribution in [0.5, 0.6) is 11.5 Å². The Balaban J connectivity index is 0.992. The van der Waals surface area contributed by atoms with Gasteiger partial charge in [0.2, 0.25) is 17.5 Å². The van der Waals surface area contributed by atoms with Crippen LogP contribution in [0.4, 0.5) is 17.1 Å². The molecule has 11 heteroatoms. The summed E-state index contributed by atoms with van der Waals surface area (Å²) in [4.78, 5) is 53.5. The molecule has 46 heavy (non-hydrogen) atoms. The minimum Gasteiger partial charge on any atom is -0.463 e. The minimum absolute atomic E-state index is 0.0236. The molecule has 5 aliphatic rings. The first-order valence-electron chi connectivity index (χ1n) is 15.2. The molecule has 5 heterocycles. The quantitative estimate of drug-likeness (QED) is 0.0942. The van der Waals surface area contributed by atoms with Gasteiger partial charge in [0.1, 0.15) is 11.5 Å². The molecule has 0 N–H and O–H groups in total. The Labute approximate surface area is 263 Å². The zero-order chi connectivity index (χ0) is 32.0. The van der Waals surface area contributed by atoms with Gasteiger partial charge >= 0.3 is 5.97 Å². The number of non-ortho nitro benzene ring substituents is 1. The minimum atomic E-state index is -1.01. The molecule has 11 nitrogen and oxygen atoms in total. The van der Waals surface area contributed by atoms with Crippen LogP contribution in [0, 0.1) is 22.0 Å². The third-order valence-corrected chi connectivity index (χ3v) is 9.90. The van der Waals surface area contributed by atoms with Crippen molar-refractivity contribution in [2.24, 2.45) is 11.8 Å². The number of benzene rings is 3. The smallest absolute Gasteiger partial charge is 0.312 e. The number of anilines is 2. The Morgan fingerprint density at radius 3 is 2.37 bits per heavy atom. The van der Waals surface area contributed by atoms with E-state index in [1.165, 1.54) is 17.0 Å². The van der Waals surface area contributed by atoms with Gasteiger partial charge in [-0.2, -0.15) is 0 Å². The molecule has 2 amide bonds. The summed E-state index contributed by atoms with van der Waals surface area (Å²) in [5, 5.41) is 11.3. The van der Waals surface area contributed by atoms with Crippen LogP contribution in [0.3, 0.4) is 0 Å². The maximum Gasteiger partial charge on any atom is 0.312 e. The number of hydrogen-bond donors (Lipinski definition) is 0. The van der Waals surface area contributed by atoms with Gasteiger partial charge in [-0.15, -0.1) is 0 Å². The average Bonchev–Trinajstić information content (AvgIpc) is 3.77. The van der Waals surface area contributed by atoms with Crippen molar-refractivity contribution in [3.05, 3.63) is 106 Å². The number of amides is 2. The fourth-order valence-corrected chi connectivity index (χ4v) is 7.60. The van der Waals surface area contributed by atoms with E-state index in [0.29, 0.717) is 22.7 Å². The SMILES string of the molecule is CC1(C)c2ccccc2N(CCC(=O)Oc2ccc(N3C(=O)[C@@H]4[C@H](C3=O)[C@H]3C=C[C@@H]4O3)cc2)C12C=Cc1cc([N+](=O)[O-])ccc1O2. The number of imide groups is 1. The summed E-state index contributed by atoms with van der Waals surface area (Å²) in [6, 6.07) is 18.8. The lowest BCUT2D eigenvalue weighted by atomic mass is 9.76. The van der Waals surface area contributed by atoms with E-state index < -0.39 is 33.9 Å². The van der Waals surface area contributed by atoms with Crippen LogP contribution in [-0.4, -0.2) is 47.2 Å². The number of fused-ring (bicyclic) bond motifs is 7. The van der Waals surface area contributed by atoms with Gasteiger partial charge < -0.3 is 19.1 Å². The van der Waals surface area contributed by atoms with Crippen LogP contribution in [0.15, 0.2) is 85.0 Å². The number of nitro groups is 1. The van der Waals surface area contributed by atoms with Crippen molar-refractivity contribution in [1.29, 1.82) is 0 Å². The van der Waals surface area contributed by atoms with Crippen molar-refractivity contribution in [1.82, 2.24) is 0 Å². The fraction of sp³-hybridized carbons (Fsp3) is 0.286. The van der Waals surface area contributed by atoms with Crippen LogP contribution in [0.2, 0.25) is 0 Å². The second-order valence-electron chi connectivity index (χ2n) is 12.6. The van der Waals surface area contributed by atoms with E-state index in [-0.39, 0.29) is 42.7 Å². The Morgan fingerprint density at radius 2 is 1.67 bits per heavy atom. The molecule has 2 fully saturated rings. The van der Waals surface area contributed by atoms with E-state index in [4.69, 9.17) is 14.2 Å². The summed E-state index contributed by atoms with van der Waals surface area (Å²) < 4.78 is 18.1. The Morgan fingerprint density at radius 1 is 0.978 bits per heavy atom. The van der Waals surface area contributed by atoms with Gasteiger partial charge in [0.05, 0.1) is 46.5 Å². The highest BCUT2D eigenvalue weighted by Crippen LogP contribution is 2.55. The van der Waals surface area contributed by atoms with Crippen molar-refractivity contribution >= 4 is 40.9 Å². The lowest BCUT2D eigenvalue weighted by Gasteiger charge is -2.47. The molecular weight excluding hydrogens is 590 g/mol. The maximum absolute atomic E-state index is 13.2. The molecular formula is C35H29N3O8. The summed E-state index contributed by atoms with van der Waals surface area (Å²) in [6.07, 6.45) is 6.73. The van der Waals surface area contributed by atoms with Gasteiger partial charge in [0.25, 0.3) is 5.69 Å². The number of carbonyl (C=O) groups is 3. The van der Waals surface area contributed by atoms with Crippen molar-refractivity contribution in [2.75, 3.05) is 16.3 Å². The topological polar surface area (TPSA) is 129 Å². The maximum atomic E-state index is 13.2. The number of para-hydroxylation sites is 1. The fourth-order valence-electron chi connectivity index (χ4n) is 7.60. The zero-order valence-corrected chi connectivity index (χ0v) is 25.0. The molecule has 0 radical (unpaired) electrons. The second kappa shape index (κ2) is 9.85. The lowest BCUT2D eigenvalue weighted by Crippen LogP contribution is -2.60. The normalized spacial score (nSPS) is 27.5. The number of hydrogen-bond acceptors (Lipinski definition) is 9. The van der Waals surface area contributed by atoms with E-state index in [1.807, 2.05) is 53.5 Å². The molecule has 0 aliphatic carbocycles. The predicted octanol–water partition coefficient (Wildman–Crippen LogP) is 4.93. The number of nitrogens with zero attached hydrogens (tertiary/aromatic N) is 3. The van der Waals surface area contributed by atoms with Gasteiger partial charge in [-0.1, -0.05) is 30.4 Å². The Bertz CT molecular complexity index is 1870. The number of ether oxygens (including phenoxy) is 3. The molecule has 1 unspecified atom stereocenters. The number of rotatable bonds is 6. The van der Waals surface area contributed by atoms with E-state index >= 15 is 0 Å². The summed E-state index contributed by atoms with van der Waals surface area (Å²) in [7, 11) is 0. The van der Waals surface area contributed by atoms with E-state index in [2.05, 4.69) is 13.8 Å². The summed E-state index contributed by atoms with van der Waals surface area (Å²) >= 11 is 0. The second-order valence-corrected chi connectivity index (χ2v) is 12.6. The van der Waals surface area contributed by atoms with Gasteiger partial charge in [0.15, 0.2) is 0 Å².